The van der Waals surface area contributed by atoms with Gasteiger partial charge in [0, 0.05) is 12.8 Å². The summed E-state index contributed by atoms with van der Waals surface area (Å²) in [6.45, 7) is 6.39. The van der Waals surface area contributed by atoms with Gasteiger partial charge in [-0.25, -0.2) is 0 Å². The number of esters is 3. The molecular weight excluding hydrogens is 817 g/mol. The van der Waals surface area contributed by atoms with Crippen LogP contribution < -0.4 is 0 Å². The monoisotopic (exact) mass is 917 g/mol. The van der Waals surface area contributed by atoms with Gasteiger partial charge in [0.05, 0.1) is 6.42 Å². The molecule has 1 unspecified atom stereocenters. The van der Waals surface area contributed by atoms with Gasteiger partial charge in [0.25, 0.3) is 0 Å². The Morgan fingerprint density at radius 3 is 1.05 bits per heavy atom. The Morgan fingerprint density at radius 1 is 0.333 bits per heavy atom. The molecule has 376 valence electrons. The van der Waals surface area contributed by atoms with Gasteiger partial charge < -0.3 is 14.2 Å². The average molecular weight is 917 g/mol. The Kier molecular flexibility index (Phi) is 50.9. The quantitative estimate of drug-likeness (QED) is 0.0262. The zero-order chi connectivity index (χ0) is 47.9. The van der Waals surface area contributed by atoms with Gasteiger partial charge in [-0.05, 0) is 103 Å². The fourth-order valence-corrected chi connectivity index (χ4v) is 7.25. The van der Waals surface area contributed by atoms with E-state index in [-0.39, 0.29) is 31.6 Å². The van der Waals surface area contributed by atoms with Crippen LogP contribution >= 0.6 is 0 Å². The van der Waals surface area contributed by atoms with Crippen molar-refractivity contribution >= 4 is 17.9 Å². The maximum absolute atomic E-state index is 12.7. The molecule has 6 heteroatoms. The Labute approximate surface area is 407 Å². The van der Waals surface area contributed by atoms with Crippen molar-refractivity contribution in [2.75, 3.05) is 13.2 Å². The number of rotatable bonds is 48. The number of hydrogen-bond acceptors (Lipinski definition) is 6. The van der Waals surface area contributed by atoms with Gasteiger partial charge in [0.15, 0.2) is 6.10 Å². The first kappa shape index (κ1) is 62.3. The minimum absolute atomic E-state index is 0.0926. The molecule has 1 atom stereocenters. The summed E-state index contributed by atoms with van der Waals surface area (Å²) in [6, 6.07) is 0. The smallest absolute Gasteiger partial charge is 0.310 e. The lowest BCUT2D eigenvalue weighted by molar-refractivity contribution is -0.166. The summed E-state index contributed by atoms with van der Waals surface area (Å²) in [4.78, 5) is 38.0. The van der Waals surface area contributed by atoms with Crippen LogP contribution in [0.4, 0.5) is 0 Å². The zero-order valence-electron chi connectivity index (χ0n) is 42.9. The number of carbonyl (C=O) groups is 3. The van der Waals surface area contributed by atoms with Gasteiger partial charge in [-0.3, -0.25) is 14.4 Å². The van der Waals surface area contributed by atoms with Crippen molar-refractivity contribution in [3.63, 3.8) is 0 Å². The van der Waals surface area contributed by atoms with Gasteiger partial charge >= 0.3 is 17.9 Å². The first-order valence-corrected chi connectivity index (χ1v) is 27.2. The van der Waals surface area contributed by atoms with E-state index in [0.717, 1.165) is 89.9 Å². The molecule has 0 saturated carbocycles. The Balaban J connectivity index is 4.45. The highest BCUT2D eigenvalue weighted by Crippen LogP contribution is 2.14. The Hall–Kier alpha value is -3.67. The van der Waals surface area contributed by atoms with Crippen LogP contribution in [-0.2, 0) is 28.6 Å². The molecule has 0 aliphatic carbocycles. The van der Waals surface area contributed by atoms with E-state index in [4.69, 9.17) is 14.2 Å². The molecule has 66 heavy (non-hydrogen) atoms. The molecule has 0 aliphatic rings. The number of carbonyl (C=O) groups excluding carboxylic acids is 3. The molecule has 0 spiro atoms. The van der Waals surface area contributed by atoms with E-state index in [0.29, 0.717) is 12.8 Å². The second-order valence-corrected chi connectivity index (χ2v) is 17.8. The molecule has 0 aromatic carbocycles. The lowest BCUT2D eigenvalue weighted by atomic mass is 10.1. The van der Waals surface area contributed by atoms with E-state index in [1.54, 1.807) is 6.08 Å². The van der Waals surface area contributed by atoms with Gasteiger partial charge in [-0.2, -0.15) is 0 Å². The van der Waals surface area contributed by atoms with Crippen molar-refractivity contribution in [3.05, 3.63) is 97.2 Å². The van der Waals surface area contributed by atoms with E-state index in [2.05, 4.69) is 106 Å². The summed E-state index contributed by atoms with van der Waals surface area (Å²) >= 11 is 0. The normalized spacial score (nSPS) is 12.8. The highest BCUT2D eigenvalue weighted by molar-refractivity contribution is 5.72. The van der Waals surface area contributed by atoms with Crippen LogP contribution in [0.15, 0.2) is 97.2 Å². The zero-order valence-corrected chi connectivity index (χ0v) is 42.9. The van der Waals surface area contributed by atoms with Crippen LogP contribution in [-0.4, -0.2) is 37.2 Å². The van der Waals surface area contributed by atoms with Crippen LogP contribution in [0, 0.1) is 0 Å². The summed E-state index contributed by atoms with van der Waals surface area (Å²) in [6.07, 6.45) is 71.4. The van der Waals surface area contributed by atoms with Gasteiger partial charge in [-0.15, -0.1) is 0 Å². The second kappa shape index (κ2) is 53.9. The summed E-state index contributed by atoms with van der Waals surface area (Å²) in [5.74, 6) is -1.07. The Bertz CT molecular complexity index is 1330. The van der Waals surface area contributed by atoms with Crippen molar-refractivity contribution < 1.29 is 28.6 Å². The number of ether oxygens (including phenoxy) is 3. The third-order valence-electron chi connectivity index (χ3n) is 11.3. The van der Waals surface area contributed by atoms with Gasteiger partial charge in [-0.1, -0.05) is 221 Å². The van der Waals surface area contributed by atoms with Crippen molar-refractivity contribution in [2.24, 2.45) is 0 Å². The molecule has 0 rings (SSSR count). The SMILES string of the molecule is CC/C=C\C/C=C\C/C=C\C/C=C\C/C=C\CC(=O)OC(COC(=O)CCCCCCC/C=C\CCCCC)COC(=O)CCCCCCCCCCC/C=C\C/C=C\CCCCCCC. The predicted molar refractivity (Wildman–Crippen MR) is 284 cm³/mol. The minimum Gasteiger partial charge on any atom is -0.462 e. The summed E-state index contributed by atoms with van der Waals surface area (Å²) in [5.41, 5.74) is 0. The molecule has 0 heterocycles. The second-order valence-electron chi connectivity index (χ2n) is 17.8. The summed E-state index contributed by atoms with van der Waals surface area (Å²) in [7, 11) is 0. The molecule has 6 nitrogen and oxygen atoms in total. The lowest BCUT2D eigenvalue weighted by Crippen LogP contribution is -2.30. The molecule has 0 bridgehead atoms. The van der Waals surface area contributed by atoms with E-state index in [1.165, 1.54) is 116 Å². The molecule has 0 saturated heterocycles. The maximum Gasteiger partial charge on any atom is 0.310 e. The molecule has 0 aromatic rings. The van der Waals surface area contributed by atoms with Crippen LogP contribution in [0.2, 0.25) is 0 Å². The van der Waals surface area contributed by atoms with Crippen molar-refractivity contribution in [2.45, 2.75) is 252 Å². The molecular formula is C60H100O6. The number of unbranched alkanes of at least 4 members (excludes halogenated alkanes) is 22. The highest BCUT2D eigenvalue weighted by atomic mass is 16.6. The van der Waals surface area contributed by atoms with Crippen molar-refractivity contribution in [3.8, 4) is 0 Å². The van der Waals surface area contributed by atoms with Gasteiger partial charge in [0.1, 0.15) is 13.2 Å². The highest BCUT2D eigenvalue weighted by Gasteiger charge is 2.19. The standard InChI is InChI=1S/C60H100O6/c1-4-7-10-13-16-19-22-25-27-28-29-30-31-32-34-35-38-41-44-47-50-53-59(62)65-56-57(55-64-58(61)52-49-46-43-40-37-24-21-18-15-12-9-6-3)66-60(63)54-51-48-45-42-39-36-33-26-23-20-17-14-11-8-5-2/h8,11,17-18,20-22,25-26,28-29,33,39,42,48,51,57H,4-7,9-10,12-16,19,23-24,27,30-32,34-38,40-41,43-47,49-50,52-56H2,1-3H3/b11-8-,20-17-,21-18-,25-22-,29-28-,33-26-,42-39-,51-48-. The third-order valence-corrected chi connectivity index (χ3v) is 11.3. The third kappa shape index (κ3) is 51.3. The van der Waals surface area contributed by atoms with Crippen molar-refractivity contribution in [1.29, 1.82) is 0 Å². The molecule has 0 aliphatic heterocycles. The molecule has 0 fully saturated rings. The van der Waals surface area contributed by atoms with Crippen LogP contribution in [0.3, 0.4) is 0 Å². The van der Waals surface area contributed by atoms with Crippen LogP contribution in [0.5, 0.6) is 0 Å². The first-order valence-electron chi connectivity index (χ1n) is 27.2. The van der Waals surface area contributed by atoms with E-state index in [9.17, 15) is 14.4 Å². The number of hydrogen-bond donors (Lipinski definition) is 0. The first-order chi connectivity index (χ1) is 32.5. The molecule has 0 aromatic heterocycles. The topological polar surface area (TPSA) is 78.9 Å². The van der Waals surface area contributed by atoms with Gasteiger partial charge in [0.2, 0.25) is 0 Å². The van der Waals surface area contributed by atoms with Crippen LogP contribution in [0.1, 0.15) is 245 Å². The maximum atomic E-state index is 12.7. The molecule has 0 N–H and O–H groups in total. The molecule has 0 amide bonds. The largest absolute Gasteiger partial charge is 0.462 e. The number of allylic oxidation sites excluding steroid dienone is 15. The van der Waals surface area contributed by atoms with E-state index >= 15 is 0 Å². The van der Waals surface area contributed by atoms with E-state index in [1.807, 2.05) is 6.08 Å². The fourth-order valence-electron chi connectivity index (χ4n) is 7.25. The minimum atomic E-state index is -0.837. The Morgan fingerprint density at radius 2 is 0.636 bits per heavy atom. The summed E-state index contributed by atoms with van der Waals surface area (Å²) < 4.78 is 16.7. The van der Waals surface area contributed by atoms with Crippen LogP contribution in [0.25, 0.3) is 0 Å². The van der Waals surface area contributed by atoms with E-state index < -0.39 is 12.1 Å². The molecule has 0 radical (unpaired) electrons. The summed E-state index contributed by atoms with van der Waals surface area (Å²) in [5, 5.41) is 0. The van der Waals surface area contributed by atoms with Crippen molar-refractivity contribution in [1.82, 2.24) is 0 Å². The lowest BCUT2D eigenvalue weighted by Gasteiger charge is -2.18. The predicted octanol–water partition coefficient (Wildman–Crippen LogP) is 18.1. The average Bonchev–Trinajstić information content (AvgIpc) is 3.31. The fraction of sp³-hybridized carbons (Fsp3) is 0.683.